The van der Waals surface area contributed by atoms with E-state index in [4.69, 9.17) is 0 Å². The summed E-state index contributed by atoms with van der Waals surface area (Å²) < 4.78 is 0. The number of nitrogens with zero attached hydrogens (tertiary/aromatic N) is 2. The number of aromatic nitrogens is 2. The van der Waals surface area contributed by atoms with Crippen LogP contribution in [0.5, 0.6) is 0 Å². The first-order valence-electron chi connectivity index (χ1n) is 6.92. The summed E-state index contributed by atoms with van der Waals surface area (Å²) in [6.45, 7) is 3.15. The van der Waals surface area contributed by atoms with Crippen molar-refractivity contribution in [2.24, 2.45) is 5.92 Å². The molecule has 1 fully saturated rings. The number of hydrogen-bond acceptors (Lipinski definition) is 4. The number of nitrogens with one attached hydrogen (secondary N) is 1. The Morgan fingerprint density at radius 1 is 1.42 bits per heavy atom. The second-order valence-electron chi connectivity index (χ2n) is 5.22. The quantitative estimate of drug-likeness (QED) is 0.906. The van der Waals surface area contributed by atoms with Crippen LogP contribution in [0.2, 0.25) is 0 Å². The van der Waals surface area contributed by atoms with Crippen molar-refractivity contribution in [3.63, 3.8) is 0 Å². The Morgan fingerprint density at radius 2 is 2.32 bits per heavy atom. The highest BCUT2D eigenvalue weighted by Crippen LogP contribution is 2.29. The van der Waals surface area contributed by atoms with Crippen molar-refractivity contribution >= 4 is 11.3 Å². The maximum atomic E-state index is 4.65. The molecule has 3 nitrogen and oxygen atoms in total. The molecule has 1 unspecified atom stereocenters. The topological polar surface area (TPSA) is 37.8 Å². The smallest absolute Gasteiger partial charge is 0.142 e. The molecule has 3 rings (SSSR count). The van der Waals surface area contributed by atoms with E-state index in [1.165, 1.54) is 19.3 Å². The molecule has 19 heavy (non-hydrogen) atoms. The van der Waals surface area contributed by atoms with Gasteiger partial charge in [-0.1, -0.05) is 12.5 Å². The summed E-state index contributed by atoms with van der Waals surface area (Å²) in [5, 5.41) is 6.73. The number of rotatable bonds is 5. The van der Waals surface area contributed by atoms with Crippen molar-refractivity contribution in [1.82, 2.24) is 15.3 Å². The van der Waals surface area contributed by atoms with E-state index in [2.05, 4.69) is 27.6 Å². The zero-order chi connectivity index (χ0) is 13.1. The van der Waals surface area contributed by atoms with Crippen LogP contribution in [0.4, 0.5) is 0 Å². The normalized spacial score (nSPS) is 17.1. The van der Waals surface area contributed by atoms with Crippen LogP contribution in [0.25, 0.3) is 10.7 Å². The van der Waals surface area contributed by atoms with E-state index in [9.17, 15) is 0 Å². The van der Waals surface area contributed by atoms with Crippen LogP contribution in [0.1, 0.15) is 31.9 Å². The van der Waals surface area contributed by atoms with Crippen molar-refractivity contribution in [1.29, 1.82) is 0 Å². The molecule has 0 aliphatic heterocycles. The van der Waals surface area contributed by atoms with Crippen molar-refractivity contribution in [3.8, 4) is 10.7 Å². The highest BCUT2D eigenvalue weighted by Gasteiger charge is 2.23. The highest BCUT2D eigenvalue weighted by molar-refractivity contribution is 7.13. The van der Waals surface area contributed by atoms with Crippen molar-refractivity contribution in [3.05, 3.63) is 35.5 Å². The molecule has 0 radical (unpaired) electrons. The van der Waals surface area contributed by atoms with Gasteiger partial charge in [-0.3, -0.25) is 4.98 Å². The SMILES string of the molecule is CC(NCc1csc(-c2ccccn2)n1)C1CCC1. The second kappa shape index (κ2) is 5.80. The molecular formula is C15H19N3S. The van der Waals surface area contributed by atoms with E-state index < -0.39 is 0 Å². The Kier molecular flexibility index (Phi) is 3.89. The number of thiazole rings is 1. The van der Waals surface area contributed by atoms with E-state index in [1.54, 1.807) is 11.3 Å². The molecule has 2 heterocycles. The largest absolute Gasteiger partial charge is 0.308 e. The molecule has 1 N–H and O–H groups in total. The molecule has 1 saturated carbocycles. The minimum Gasteiger partial charge on any atom is -0.308 e. The van der Waals surface area contributed by atoms with Crippen LogP contribution >= 0.6 is 11.3 Å². The first kappa shape index (κ1) is 12.8. The summed E-state index contributed by atoms with van der Waals surface area (Å²) in [6.07, 6.45) is 5.97. The summed E-state index contributed by atoms with van der Waals surface area (Å²) >= 11 is 1.67. The van der Waals surface area contributed by atoms with Crippen molar-refractivity contribution < 1.29 is 0 Å². The molecule has 2 aromatic heterocycles. The van der Waals surface area contributed by atoms with Gasteiger partial charge < -0.3 is 5.32 Å². The minimum absolute atomic E-state index is 0.605. The van der Waals surface area contributed by atoms with Gasteiger partial charge in [-0.15, -0.1) is 11.3 Å². The Morgan fingerprint density at radius 3 is 3.00 bits per heavy atom. The molecule has 1 aliphatic rings. The van der Waals surface area contributed by atoms with Crippen LogP contribution in [0.3, 0.4) is 0 Å². The maximum Gasteiger partial charge on any atom is 0.142 e. The van der Waals surface area contributed by atoms with Gasteiger partial charge in [-0.2, -0.15) is 0 Å². The molecule has 2 aromatic rings. The Bertz CT molecular complexity index is 519. The second-order valence-corrected chi connectivity index (χ2v) is 6.08. The Hall–Kier alpha value is -1.26. The fraction of sp³-hybridized carbons (Fsp3) is 0.467. The first-order chi connectivity index (χ1) is 9.33. The van der Waals surface area contributed by atoms with Crippen molar-refractivity contribution in [2.45, 2.75) is 38.8 Å². The van der Waals surface area contributed by atoms with Gasteiger partial charge in [0.1, 0.15) is 5.01 Å². The molecular weight excluding hydrogens is 254 g/mol. The van der Waals surface area contributed by atoms with Crippen LogP contribution in [-0.4, -0.2) is 16.0 Å². The standard InChI is InChI=1S/C15H19N3S/c1-11(12-5-4-6-12)17-9-13-10-19-15(18-13)14-7-2-3-8-16-14/h2-3,7-8,10-12,17H,4-6,9H2,1H3. The third kappa shape index (κ3) is 3.01. The van der Waals surface area contributed by atoms with Crippen molar-refractivity contribution in [2.75, 3.05) is 0 Å². The zero-order valence-corrected chi connectivity index (χ0v) is 12.0. The fourth-order valence-corrected chi connectivity index (χ4v) is 3.16. The highest BCUT2D eigenvalue weighted by atomic mass is 32.1. The minimum atomic E-state index is 0.605. The molecule has 1 aliphatic carbocycles. The molecule has 4 heteroatoms. The lowest BCUT2D eigenvalue weighted by atomic mass is 9.80. The molecule has 0 spiro atoms. The molecule has 0 bridgehead atoms. The van der Waals surface area contributed by atoms with E-state index in [1.807, 2.05) is 24.4 Å². The lowest BCUT2D eigenvalue weighted by molar-refractivity contribution is 0.239. The van der Waals surface area contributed by atoms with Gasteiger partial charge in [-0.25, -0.2) is 4.98 Å². The van der Waals surface area contributed by atoms with Crippen LogP contribution in [0.15, 0.2) is 29.8 Å². The predicted molar refractivity (Wildman–Crippen MR) is 79.0 cm³/mol. The van der Waals surface area contributed by atoms with Gasteiger partial charge >= 0.3 is 0 Å². The van der Waals surface area contributed by atoms with Gasteiger partial charge in [0.25, 0.3) is 0 Å². The van der Waals surface area contributed by atoms with Crippen LogP contribution < -0.4 is 5.32 Å². The van der Waals surface area contributed by atoms with Gasteiger partial charge in [0.05, 0.1) is 11.4 Å². The number of pyridine rings is 1. The lowest BCUT2D eigenvalue weighted by Crippen LogP contribution is -2.36. The summed E-state index contributed by atoms with van der Waals surface area (Å²) in [6, 6.07) is 6.54. The zero-order valence-electron chi connectivity index (χ0n) is 11.2. The van der Waals surface area contributed by atoms with Crippen LogP contribution in [0, 0.1) is 5.92 Å². The average molecular weight is 273 g/mol. The third-order valence-electron chi connectivity index (χ3n) is 3.90. The molecule has 0 aromatic carbocycles. The molecule has 0 amide bonds. The summed E-state index contributed by atoms with van der Waals surface area (Å²) in [5.41, 5.74) is 2.09. The van der Waals surface area contributed by atoms with Crippen LogP contribution in [-0.2, 0) is 6.54 Å². The Labute approximate surface area is 118 Å². The number of hydrogen-bond donors (Lipinski definition) is 1. The van der Waals surface area contributed by atoms with E-state index >= 15 is 0 Å². The summed E-state index contributed by atoms with van der Waals surface area (Å²) in [4.78, 5) is 8.98. The fourth-order valence-electron chi connectivity index (χ4n) is 2.37. The third-order valence-corrected chi connectivity index (χ3v) is 4.81. The summed E-state index contributed by atoms with van der Waals surface area (Å²) in [5.74, 6) is 0.869. The lowest BCUT2D eigenvalue weighted by Gasteiger charge is -2.31. The van der Waals surface area contributed by atoms with Gasteiger partial charge in [-0.05, 0) is 37.8 Å². The molecule has 1 atom stereocenters. The van der Waals surface area contributed by atoms with Gasteiger partial charge in [0.2, 0.25) is 0 Å². The predicted octanol–water partition coefficient (Wildman–Crippen LogP) is 3.48. The average Bonchev–Trinajstić information content (AvgIpc) is 2.84. The van der Waals surface area contributed by atoms with E-state index in [-0.39, 0.29) is 0 Å². The molecule has 0 saturated heterocycles. The van der Waals surface area contributed by atoms with Gasteiger partial charge in [0.15, 0.2) is 0 Å². The Balaban J connectivity index is 1.59. The van der Waals surface area contributed by atoms with Gasteiger partial charge in [0, 0.05) is 24.2 Å². The first-order valence-corrected chi connectivity index (χ1v) is 7.80. The van der Waals surface area contributed by atoms with E-state index in [0.717, 1.165) is 28.9 Å². The van der Waals surface area contributed by atoms with E-state index in [0.29, 0.717) is 6.04 Å². The summed E-state index contributed by atoms with van der Waals surface area (Å²) in [7, 11) is 0. The molecule has 100 valence electrons. The monoisotopic (exact) mass is 273 g/mol. The maximum absolute atomic E-state index is 4.65.